The van der Waals surface area contributed by atoms with Crippen LogP contribution in [0, 0.1) is 11.3 Å². The number of ether oxygens (including phenoxy) is 1. The summed E-state index contributed by atoms with van der Waals surface area (Å²) >= 11 is 1.61. The van der Waals surface area contributed by atoms with Crippen molar-refractivity contribution in [3.63, 3.8) is 0 Å². The van der Waals surface area contributed by atoms with E-state index >= 15 is 0 Å². The molecule has 0 heterocycles. The van der Waals surface area contributed by atoms with Gasteiger partial charge < -0.3 is 10.5 Å². The van der Waals surface area contributed by atoms with Gasteiger partial charge in [-0.05, 0) is 30.5 Å². The summed E-state index contributed by atoms with van der Waals surface area (Å²) in [5.74, 6) is 1.39. The summed E-state index contributed by atoms with van der Waals surface area (Å²) < 4.78 is 5.77. The Morgan fingerprint density at radius 2 is 2.00 bits per heavy atom. The second-order valence-electron chi connectivity index (χ2n) is 3.61. The van der Waals surface area contributed by atoms with Gasteiger partial charge in [0.2, 0.25) is 0 Å². The molecule has 0 saturated heterocycles. The Morgan fingerprint density at radius 3 is 2.72 bits per heavy atom. The number of para-hydroxylation sites is 1. The first-order valence-electron chi connectivity index (χ1n) is 5.35. The van der Waals surface area contributed by atoms with E-state index in [9.17, 15) is 0 Å². The molecule has 18 heavy (non-hydrogen) atoms. The molecule has 3 nitrogen and oxygen atoms in total. The molecule has 0 aliphatic rings. The van der Waals surface area contributed by atoms with E-state index in [1.165, 1.54) is 0 Å². The fourth-order valence-corrected chi connectivity index (χ4v) is 2.05. The molecule has 2 rings (SSSR count). The fraction of sp³-hybridized carbons (Fsp3) is 0.0714. The molecular formula is C14H12N2OS. The molecule has 0 aliphatic heterocycles. The van der Waals surface area contributed by atoms with Crippen LogP contribution in [0.4, 0.5) is 5.69 Å². The van der Waals surface area contributed by atoms with Crippen LogP contribution in [0.25, 0.3) is 0 Å². The van der Waals surface area contributed by atoms with E-state index < -0.39 is 0 Å². The van der Waals surface area contributed by atoms with Crippen molar-refractivity contribution in [1.82, 2.24) is 0 Å². The number of hydrogen-bond donors (Lipinski definition) is 1. The van der Waals surface area contributed by atoms with Crippen LogP contribution < -0.4 is 10.5 Å². The molecule has 0 radical (unpaired) electrons. The quantitative estimate of drug-likeness (QED) is 0.672. The lowest BCUT2D eigenvalue weighted by molar-refractivity contribution is 0.471. The molecular weight excluding hydrogens is 244 g/mol. The molecule has 90 valence electrons. The normalized spacial score (nSPS) is 9.78. The maximum absolute atomic E-state index is 8.92. The Bertz CT molecular complexity index is 605. The highest BCUT2D eigenvalue weighted by atomic mass is 32.2. The van der Waals surface area contributed by atoms with Crippen LogP contribution in [-0.2, 0) is 0 Å². The zero-order valence-electron chi connectivity index (χ0n) is 9.88. The van der Waals surface area contributed by atoms with Crippen LogP contribution in [0.15, 0.2) is 47.4 Å². The Kier molecular flexibility index (Phi) is 3.75. The van der Waals surface area contributed by atoms with Gasteiger partial charge in [-0.1, -0.05) is 12.1 Å². The van der Waals surface area contributed by atoms with E-state index in [-0.39, 0.29) is 0 Å². The number of nitrogens with two attached hydrogens (primary N) is 1. The van der Waals surface area contributed by atoms with Crippen molar-refractivity contribution < 1.29 is 4.74 Å². The van der Waals surface area contributed by atoms with Gasteiger partial charge in [0.25, 0.3) is 0 Å². The number of nitrogens with zero attached hydrogens (tertiary/aromatic N) is 1. The van der Waals surface area contributed by atoms with Gasteiger partial charge in [0.1, 0.15) is 17.6 Å². The Morgan fingerprint density at radius 1 is 1.22 bits per heavy atom. The zero-order valence-corrected chi connectivity index (χ0v) is 10.7. The maximum Gasteiger partial charge on any atom is 0.140 e. The molecule has 2 aromatic rings. The molecule has 2 N–H and O–H groups in total. The van der Waals surface area contributed by atoms with Gasteiger partial charge in [-0.2, -0.15) is 5.26 Å². The third-order valence-corrected chi connectivity index (χ3v) is 3.22. The van der Waals surface area contributed by atoms with Crippen LogP contribution in [0.1, 0.15) is 5.56 Å². The smallest absolute Gasteiger partial charge is 0.140 e. The van der Waals surface area contributed by atoms with E-state index in [0.717, 1.165) is 10.6 Å². The molecule has 0 aliphatic carbocycles. The lowest BCUT2D eigenvalue weighted by Gasteiger charge is -2.10. The van der Waals surface area contributed by atoms with Gasteiger partial charge in [-0.15, -0.1) is 11.8 Å². The van der Waals surface area contributed by atoms with Crippen LogP contribution in [-0.4, -0.2) is 6.26 Å². The number of thioether (sulfide) groups is 1. The highest BCUT2D eigenvalue weighted by Crippen LogP contribution is 2.32. The highest BCUT2D eigenvalue weighted by Gasteiger charge is 2.05. The Labute approximate surface area is 110 Å². The monoisotopic (exact) mass is 256 g/mol. The lowest BCUT2D eigenvalue weighted by atomic mass is 10.2. The standard InChI is InChI=1S/C14H12N2OS/c1-18-14-5-3-2-4-13(14)17-11-6-7-12(16)10(8-11)9-15/h2-8H,16H2,1H3. The van der Waals surface area contributed by atoms with Crippen molar-refractivity contribution in [2.24, 2.45) is 0 Å². The van der Waals surface area contributed by atoms with E-state index in [0.29, 0.717) is 17.0 Å². The van der Waals surface area contributed by atoms with Crippen molar-refractivity contribution in [2.45, 2.75) is 4.90 Å². The third-order valence-electron chi connectivity index (χ3n) is 2.44. The minimum absolute atomic E-state index is 0.425. The summed E-state index contributed by atoms with van der Waals surface area (Å²) in [6.07, 6.45) is 1.99. The second kappa shape index (κ2) is 5.48. The fourth-order valence-electron chi connectivity index (χ4n) is 1.53. The summed E-state index contributed by atoms with van der Waals surface area (Å²) in [5, 5.41) is 8.92. The van der Waals surface area contributed by atoms with E-state index in [1.807, 2.05) is 36.6 Å². The van der Waals surface area contributed by atoms with Crippen molar-refractivity contribution >= 4 is 17.4 Å². The van der Waals surface area contributed by atoms with Gasteiger partial charge in [-0.3, -0.25) is 0 Å². The summed E-state index contributed by atoms with van der Waals surface area (Å²) in [5.41, 5.74) is 6.55. The maximum atomic E-state index is 8.92. The zero-order chi connectivity index (χ0) is 13.0. The van der Waals surface area contributed by atoms with Crippen LogP contribution >= 0.6 is 11.8 Å². The predicted molar refractivity (Wildman–Crippen MR) is 73.9 cm³/mol. The molecule has 4 heteroatoms. The number of nitriles is 1. The average Bonchev–Trinajstić information content (AvgIpc) is 2.41. The predicted octanol–water partition coefficient (Wildman–Crippen LogP) is 3.65. The van der Waals surface area contributed by atoms with Gasteiger partial charge in [0.15, 0.2) is 0 Å². The van der Waals surface area contributed by atoms with E-state index in [1.54, 1.807) is 30.0 Å². The van der Waals surface area contributed by atoms with Gasteiger partial charge >= 0.3 is 0 Å². The van der Waals surface area contributed by atoms with Crippen molar-refractivity contribution in [1.29, 1.82) is 5.26 Å². The van der Waals surface area contributed by atoms with Gasteiger partial charge in [0.05, 0.1) is 5.56 Å². The molecule has 0 bridgehead atoms. The first-order valence-corrected chi connectivity index (χ1v) is 6.57. The number of hydrogen-bond acceptors (Lipinski definition) is 4. The molecule has 0 amide bonds. The molecule has 0 atom stereocenters. The summed E-state index contributed by atoms with van der Waals surface area (Å²) in [6, 6.07) is 14.9. The SMILES string of the molecule is CSc1ccccc1Oc1ccc(N)c(C#N)c1. The molecule has 0 aromatic heterocycles. The second-order valence-corrected chi connectivity index (χ2v) is 4.46. The summed E-state index contributed by atoms with van der Waals surface area (Å²) in [4.78, 5) is 1.05. The van der Waals surface area contributed by atoms with Gasteiger partial charge in [0, 0.05) is 16.6 Å². The highest BCUT2D eigenvalue weighted by molar-refractivity contribution is 7.98. The van der Waals surface area contributed by atoms with E-state index in [2.05, 4.69) is 0 Å². The van der Waals surface area contributed by atoms with Crippen molar-refractivity contribution in [2.75, 3.05) is 12.0 Å². The first kappa shape index (κ1) is 12.3. The van der Waals surface area contributed by atoms with Crippen molar-refractivity contribution in [3.05, 3.63) is 48.0 Å². The largest absolute Gasteiger partial charge is 0.456 e. The topological polar surface area (TPSA) is 59.0 Å². The number of rotatable bonds is 3. The van der Waals surface area contributed by atoms with Crippen LogP contribution in [0.3, 0.4) is 0 Å². The summed E-state index contributed by atoms with van der Waals surface area (Å²) in [6.45, 7) is 0. The van der Waals surface area contributed by atoms with E-state index in [4.69, 9.17) is 15.7 Å². The average molecular weight is 256 g/mol. The van der Waals surface area contributed by atoms with Crippen molar-refractivity contribution in [3.8, 4) is 17.6 Å². The number of anilines is 1. The lowest BCUT2D eigenvalue weighted by Crippen LogP contribution is -1.92. The summed E-state index contributed by atoms with van der Waals surface area (Å²) in [7, 11) is 0. The third kappa shape index (κ3) is 2.58. The Balaban J connectivity index is 2.32. The molecule has 0 spiro atoms. The molecule has 2 aromatic carbocycles. The number of benzene rings is 2. The van der Waals surface area contributed by atoms with Crippen LogP contribution in [0.5, 0.6) is 11.5 Å². The van der Waals surface area contributed by atoms with Gasteiger partial charge in [-0.25, -0.2) is 0 Å². The number of nitrogen functional groups attached to an aromatic ring is 1. The molecule has 0 unspecified atom stereocenters. The Hall–Kier alpha value is -2.12. The first-order chi connectivity index (χ1) is 8.74. The molecule has 0 fully saturated rings. The molecule has 0 saturated carbocycles. The van der Waals surface area contributed by atoms with Crippen LogP contribution in [0.2, 0.25) is 0 Å². The minimum Gasteiger partial charge on any atom is -0.456 e. The minimum atomic E-state index is 0.425.